The molecule has 3 atom stereocenters. The van der Waals surface area contributed by atoms with Gasteiger partial charge < -0.3 is 21.3 Å². The van der Waals surface area contributed by atoms with E-state index in [1.165, 1.54) is 4.68 Å². The van der Waals surface area contributed by atoms with Crippen LogP contribution < -0.4 is 16.4 Å². The Morgan fingerprint density at radius 2 is 1.86 bits per heavy atom. The van der Waals surface area contributed by atoms with E-state index in [-0.39, 0.29) is 48.3 Å². The molecule has 1 saturated heterocycles. The fourth-order valence-electron chi connectivity index (χ4n) is 6.41. The maximum atomic E-state index is 13.8. The summed E-state index contributed by atoms with van der Waals surface area (Å²) in [5.74, 6) is -1.15. The van der Waals surface area contributed by atoms with Gasteiger partial charge in [0.1, 0.15) is 18.4 Å². The smallest absolute Gasteiger partial charge is 0.269 e. The third-order valence-electron chi connectivity index (χ3n) is 8.25. The fourth-order valence-corrected chi connectivity index (χ4v) is 6.41. The van der Waals surface area contributed by atoms with Gasteiger partial charge in [0.15, 0.2) is 5.69 Å². The van der Waals surface area contributed by atoms with E-state index in [9.17, 15) is 19.2 Å². The first-order chi connectivity index (χ1) is 21.2. The highest BCUT2D eigenvalue weighted by Crippen LogP contribution is 2.43. The van der Waals surface area contributed by atoms with Crippen LogP contribution in [0.3, 0.4) is 0 Å². The van der Waals surface area contributed by atoms with Gasteiger partial charge in [-0.05, 0) is 80.1 Å². The summed E-state index contributed by atoms with van der Waals surface area (Å²) in [5, 5.41) is 19.5. The molecular formula is C32H30N8O4. The minimum atomic E-state index is -0.777. The number of carbonyl (C=O) groups excluding carboxylic acids is 4. The van der Waals surface area contributed by atoms with Gasteiger partial charge in [0, 0.05) is 22.8 Å². The second kappa shape index (κ2) is 11.6. The lowest BCUT2D eigenvalue weighted by atomic mass is 9.97. The fraction of sp³-hybridized carbons (Fsp3) is 0.281. The lowest BCUT2D eigenvalue weighted by molar-refractivity contribution is -0.141. The number of amides is 4. The second-order valence-electron chi connectivity index (χ2n) is 11.3. The molecule has 44 heavy (non-hydrogen) atoms. The maximum Gasteiger partial charge on any atom is 0.269 e. The number of aromatic nitrogens is 3. The molecule has 1 saturated carbocycles. The monoisotopic (exact) mass is 590 g/mol. The number of rotatable bonds is 8. The number of aryl methyl sites for hydroxylation is 1. The zero-order chi connectivity index (χ0) is 31.0. The molecule has 12 heteroatoms. The molecule has 2 fully saturated rings. The minimum absolute atomic E-state index is 0.0339. The largest absolute Gasteiger partial charge is 0.364 e. The number of hydrogen-bond acceptors (Lipinski definition) is 7. The molecule has 222 valence electrons. The molecule has 4 N–H and O–H groups in total. The summed E-state index contributed by atoms with van der Waals surface area (Å²) in [6.45, 7) is 1.64. The van der Waals surface area contributed by atoms with E-state index in [1.54, 1.807) is 53.4 Å². The predicted octanol–water partition coefficient (Wildman–Crippen LogP) is 2.91. The quantitative estimate of drug-likeness (QED) is 0.283. The van der Waals surface area contributed by atoms with E-state index in [0.717, 1.165) is 25.0 Å². The Labute approximate surface area is 252 Å². The summed E-state index contributed by atoms with van der Waals surface area (Å²) in [6.07, 6.45) is 2.49. The second-order valence-corrected chi connectivity index (χ2v) is 11.3. The third-order valence-corrected chi connectivity index (χ3v) is 8.25. The summed E-state index contributed by atoms with van der Waals surface area (Å²) >= 11 is 0. The first-order valence-electron chi connectivity index (χ1n) is 14.3. The van der Waals surface area contributed by atoms with Crippen molar-refractivity contribution in [2.24, 2.45) is 11.7 Å². The molecule has 2 aromatic heterocycles. The summed E-state index contributed by atoms with van der Waals surface area (Å²) in [5.41, 5.74) is 8.43. The van der Waals surface area contributed by atoms with Crippen LogP contribution in [0.5, 0.6) is 0 Å². The summed E-state index contributed by atoms with van der Waals surface area (Å²) in [6, 6.07) is 18.4. The molecular weight excluding hydrogens is 560 g/mol. The molecule has 2 bridgehead atoms. The van der Waals surface area contributed by atoms with Crippen molar-refractivity contribution in [3.8, 4) is 6.07 Å². The summed E-state index contributed by atoms with van der Waals surface area (Å²) in [4.78, 5) is 58.2. The first-order valence-corrected chi connectivity index (χ1v) is 14.3. The van der Waals surface area contributed by atoms with E-state index in [4.69, 9.17) is 11.0 Å². The van der Waals surface area contributed by atoms with Crippen LogP contribution in [0.1, 0.15) is 46.6 Å². The van der Waals surface area contributed by atoms with Gasteiger partial charge in [-0.3, -0.25) is 23.9 Å². The number of pyridine rings is 1. The van der Waals surface area contributed by atoms with Gasteiger partial charge >= 0.3 is 0 Å². The van der Waals surface area contributed by atoms with Gasteiger partial charge in [-0.25, -0.2) is 4.98 Å². The van der Waals surface area contributed by atoms with Gasteiger partial charge in [-0.1, -0.05) is 18.2 Å². The predicted molar refractivity (Wildman–Crippen MR) is 161 cm³/mol. The van der Waals surface area contributed by atoms with Gasteiger partial charge in [-0.2, -0.15) is 10.4 Å². The number of anilines is 2. The number of piperidine rings is 1. The molecule has 4 aromatic rings. The highest BCUT2D eigenvalue weighted by molar-refractivity contribution is 6.06. The Balaban J connectivity index is 1.21. The zero-order valence-electron chi connectivity index (χ0n) is 24.0. The normalized spacial score (nSPS) is 18.6. The Bertz CT molecular complexity index is 1860. The molecule has 12 nitrogen and oxygen atoms in total. The van der Waals surface area contributed by atoms with Crippen LogP contribution in [-0.2, 0) is 27.3 Å². The molecule has 0 unspecified atom stereocenters. The van der Waals surface area contributed by atoms with E-state index >= 15 is 0 Å². The minimum Gasteiger partial charge on any atom is -0.364 e. The van der Waals surface area contributed by atoms with Crippen molar-refractivity contribution in [3.63, 3.8) is 0 Å². The van der Waals surface area contributed by atoms with Gasteiger partial charge in [0.25, 0.3) is 5.91 Å². The van der Waals surface area contributed by atoms with Crippen LogP contribution in [0, 0.1) is 24.2 Å². The number of likely N-dealkylation sites (tertiary alicyclic amines) is 1. The molecule has 4 amide bonds. The van der Waals surface area contributed by atoms with Crippen molar-refractivity contribution in [1.82, 2.24) is 19.7 Å². The van der Waals surface area contributed by atoms with Gasteiger partial charge in [-0.15, -0.1) is 0 Å². The molecule has 6 rings (SSSR count). The molecule has 2 aliphatic rings. The van der Waals surface area contributed by atoms with E-state index in [0.29, 0.717) is 33.5 Å². The van der Waals surface area contributed by atoms with Crippen LogP contribution in [0.2, 0.25) is 0 Å². The van der Waals surface area contributed by atoms with Crippen molar-refractivity contribution < 1.29 is 19.2 Å². The number of nitrogens with one attached hydrogen (secondary N) is 2. The lowest BCUT2D eigenvalue weighted by Gasteiger charge is -2.34. The first kappa shape index (κ1) is 28.5. The Morgan fingerprint density at radius 1 is 1.05 bits per heavy atom. The molecule has 0 spiro atoms. The topological polar surface area (TPSA) is 176 Å². The molecule has 0 radical (unpaired) electrons. The number of nitriles is 1. The van der Waals surface area contributed by atoms with Crippen LogP contribution >= 0.6 is 0 Å². The highest BCUT2D eigenvalue weighted by Gasteiger charge is 2.51. The van der Waals surface area contributed by atoms with Crippen LogP contribution in [0.4, 0.5) is 11.5 Å². The standard InChI is InChI=1S/C32H30N8O4/c1-18-4-2-7-26(35-18)37-32(44)30-21-8-10-23(14-21)40(30)28(42)17-39-25-11-9-22(15-24(25)29(38-39)31(34)43)36-27(41)13-19-5-3-6-20(12-19)16-33/h2-7,9,11-12,15,21,23,30H,8,10,13-14,17H2,1H3,(H2,34,43)(H,36,41)(H,35,37,44)/t21-,23+,30-/m0/s1. The lowest BCUT2D eigenvalue weighted by Crippen LogP contribution is -2.52. The Morgan fingerprint density at radius 3 is 2.64 bits per heavy atom. The number of carbonyl (C=O) groups is 4. The number of fused-ring (bicyclic) bond motifs is 3. The summed E-state index contributed by atoms with van der Waals surface area (Å²) in [7, 11) is 0. The Hall–Kier alpha value is -5.57. The van der Waals surface area contributed by atoms with Gasteiger partial charge in [0.2, 0.25) is 17.7 Å². The van der Waals surface area contributed by atoms with Crippen molar-refractivity contribution in [3.05, 3.63) is 83.2 Å². The Kier molecular flexibility index (Phi) is 7.53. The van der Waals surface area contributed by atoms with Crippen LogP contribution in [0.15, 0.2) is 60.7 Å². The number of nitrogens with zero attached hydrogens (tertiary/aromatic N) is 5. The van der Waals surface area contributed by atoms with E-state index in [2.05, 4.69) is 26.8 Å². The van der Waals surface area contributed by atoms with Crippen molar-refractivity contribution in [2.45, 2.75) is 51.2 Å². The third kappa shape index (κ3) is 5.59. The summed E-state index contributed by atoms with van der Waals surface area (Å²) < 4.78 is 1.42. The van der Waals surface area contributed by atoms with Crippen LogP contribution in [0.25, 0.3) is 10.9 Å². The highest BCUT2D eigenvalue weighted by atomic mass is 16.2. The van der Waals surface area contributed by atoms with E-state index < -0.39 is 11.9 Å². The maximum absolute atomic E-state index is 13.8. The average Bonchev–Trinajstić information content (AvgIpc) is 3.71. The number of hydrogen-bond donors (Lipinski definition) is 3. The molecule has 1 aliphatic carbocycles. The number of benzene rings is 2. The molecule has 2 aromatic carbocycles. The number of primary amides is 1. The molecule has 1 aliphatic heterocycles. The SMILES string of the molecule is Cc1cccc(NC(=O)[C@@H]2[C@H]3CC[C@H](C3)N2C(=O)Cn2nc(C(N)=O)c3cc(NC(=O)Cc4cccc(C#N)c4)ccc32)n1. The van der Waals surface area contributed by atoms with Crippen molar-refractivity contribution >= 4 is 46.0 Å². The van der Waals surface area contributed by atoms with Crippen molar-refractivity contribution in [1.29, 1.82) is 5.26 Å². The average molecular weight is 591 g/mol. The molecule has 3 heterocycles. The van der Waals surface area contributed by atoms with Gasteiger partial charge in [0.05, 0.1) is 23.6 Å². The number of nitrogens with two attached hydrogens (primary N) is 1. The van der Waals surface area contributed by atoms with Crippen LogP contribution in [-0.4, -0.2) is 55.4 Å². The zero-order valence-corrected chi connectivity index (χ0v) is 24.0. The van der Waals surface area contributed by atoms with Crippen molar-refractivity contribution in [2.75, 3.05) is 10.6 Å². The van der Waals surface area contributed by atoms with E-state index in [1.807, 2.05) is 19.1 Å².